The predicted molar refractivity (Wildman–Crippen MR) is 97.4 cm³/mol. The van der Waals surface area contributed by atoms with Gasteiger partial charge in [0.15, 0.2) is 0 Å². The summed E-state index contributed by atoms with van der Waals surface area (Å²) in [6.07, 6.45) is 5.33. The van der Waals surface area contributed by atoms with Crippen LogP contribution in [0.25, 0.3) is 0 Å². The highest BCUT2D eigenvalue weighted by Crippen LogP contribution is 2.17. The van der Waals surface area contributed by atoms with Gasteiger partial charge in [0.1, 0.15) is 23.8 Å². The summed E-state index contributed by atoms with van der Waals surface area (Å²) in [5.41, 5.74) is 2.40. The van der Waals surface area contributed by atoms with Crippen molar-refractivity contribution in [1.82, 2.24) is 26.0 Å². The van der Waals surface area contributed by atoms with Crippen molar-refractivity contribution in [2.45, 2.75) is 19.2 Å². The normalized spacial score (nSPS) is 26.2. The van der Waals surface area contributed by atoms with Crippen molar-refractivity contribution in [3.63, 3.8) is 0 Å². The van der Waals surface area contributed by atoms with Gasteiger partial charge in [-0.15, -0.1) is 0 Å². The smallest absolute Gasteiger partial charge is 0.136 e. The van der Waals surface area contributed by atoms with Gasteiger partial charge in [-0.3, -0.25) is 5.84 Å². The van der Waals surface area contributed by atoms with Crippen LogP contribution < -0.4 is 27.6 Å². The maximum atomic E-state index is 8.83. The molecule has 10 nitrogen and oxygen atoms in total. The number of rotatable bonds is 5. The molecule has 26 heavy (non-hydrogen) atoms. The molecule has 140 valence electrons. The van der Waals surface area contributed by atoms with Gasteiger partial charge in [0.2, 0.25) is 0 Å². The fourth-order valence-electron chi connectivity index (χ4n) is 2.94. The van der Waals surface area contributed by atoms with Gasteiger partial charge in [0.25, 0.3) is 0 Å². The first kappa shape index (κ1) is 18.2. The molecule has 0 aliphatic carbocycles. The van der Waals surface area contributed by atoms with E-state index in [1.165, 1.54) is 0 Å². The Morgan fingerprint density at radius 3 is 3.12 bits per heavy atom. The van der Waals surface area contributed by atoms with E-state index < -0.39 is 0 Å². The summed E-state index contributed by atoms with van der Waals surface area (Å²) in [5, 5.41) is 21.9. The lowest BCUT2D eigenvalue weighted by Gasteiger charge is -2.35. The second-order valence-electron chi connectivity index (χ2n) is 6.39. The highest BCUT2D eigenvalue weighted by molar-refractivity contribution is 6.01. The van der Waals surface area contributed by atoms with Crippen LogP contribution in [0.5, 0.6) is 0 Å². The summed E-state index contributed by atoms with van der Waals surface area (Å²) < 4.78 is 5.73. The van der Waals surface area contributed by atoms with Crippen LogP contribution in [-0.2, 0) is 4.74 Å². The number of allylic oxidation sites excluding steroid dienone is 1. The van der Waals surface area contributed by atoms with Crippen LogP contribution in [0, 0.1) is 11.3 Å². The second kappa shape index (κ2) is 8.20. The number of dihydropyridines is 1. The van der Waals surface area contributed by atoms with E-state index in [-0.39, 0.29) is 12.3 Å². The Morgan fingerprint density at radius 2 is 2.42 bits per heavy atom. The molecule has 10 heteroatoms. The molecule has 0 radical (unpaired) electrons. The van der Waals surface area contributed by atoms with Crippen LogP contribution in [0.3, 0.4) is 0 Å². The van der Waals surface area contributed by atoms with E-state index in [0.29, 0.717) is 32.0 Å². The first-order valence-electron chi connectivity index (χ1n) is 8.51. The Kier molecular flexibility index (Phi) is 5.75. The van der Waals surface area contributed by atoms with E-state index in [9.17, 15) is 0 Å². The molecule has 3 aliphatic heterocycles. The average Bonchev–Trinajstić information content (AvgIpc) is 2.64. The molecule has 1 saturated heterocycles. The van der Waals surface area contributed by atoms with E-state index in [0.717, 1.165) is 23.6 Å². The zero-order valence-electron chi connectivity index (χ0n) is 14.8. The largest absolute Gasteiger partial charge is 0.374 e. The number of ether oxygens (including phenoxy) is 1. The zero-order valence-corrected chi connectivity index (χ0v) is 14.8. The van der Waals surface area contributed by atoms with Crippen molar-refractivity contribution < 1.29 is 4.74 Å². The summed E-state index contributed by atoms with van der Waals surface area (Å²) in [5.74, 6) is 12.9. The number of morpholine rings is 1. The molecular weight excluding hydrogens is 334 g/mol. The Bertz CT molecular complexity index is 690. The summed E-state index contributed by atoms with van der Waals surface area (Å²) in [4.78, 5) is 4.08. The summed E-state index contributed by atoms with van der Waals surface area (Å²) >= 11 is 0. The van der Waals surface area contributed by atoms with E-state index >= 15 is 0 Å². The molecule has 0 aromatic heterocycles. The minimum absolute atomic E-state index is 0.0322. The number of hydrogen-bond donors (Lipinski definition) is 5. The molecule has 2 atom stereocenters. The van der Waals surface area contributed by atoms with Gasteiger partial charge in [0, 0.05) is 19.3 Å². The molecule has 0 saturated carbocycles. The molecule has 0 spiro atoms. The van der Waals surface area contributed by atoms with E-state index in [1.807, 2.05) is 25.3 Å². The number of hydrogen-bond acceptors (Lipinski definition) is 10. The quantitative estimate of drug-likeness (QED) is 0.290. The molecule has 0 amide bonds. The molecule has 0 aromatic carbocycles. The number of hydrazine groups is 2. The first-order valence-corrected chi connectivity index (χ1v) is 8.51. The molecule has 0 bridgehead atoms. The highest BCUT2D eigenvalue weighted by atomic mass is 16.5. The first-order chi connectivity index (χ1) is 12.5. The molecule has 1 fully saturated rings. The van der Waals surface area contributed by atoms with Crippen LogP contribution in [0.2, 0.25) is 0 Å². The van der Waals surface area contributed by atoms with Crippen molar-refractivity contribution in [3.05, 3.63) is 35.6 Å². The predicted octanol–water partition coefficient (Wildman–Crippen LogP) is -1.59. The number of aliphatic imine (C=N–C) groups is 1. The van der Waals surface area contributed by atoms with Crippen LogP contribution in [-0.4, -0.2) is 60.8 Å². The minimum Gasteiger partial charge on any atom is -0.374 e. The van der Waals surface area contributed by atoms with Crippen LogP contribution in [0.1, 0.15) is 6.92 Å². The molecular formula is C16H25N9O. The SMILES string of the molecule is CC1=CNC(NC2=CN=C(C#N)CN2)C=C1N(N)CC1CN(N)CCO1. The minimum atomic E-state index is -0.157. The third kappa shape index (κ3) is 4.53. The molecule has 3 heterocycles. The van der Waals surface area contributed by atoms with Gasteiger partial charge in [-0.25, -0.2) is 15.8 Å². The summed E-state index contributed by atoms with van der Waals surface area (Å²) in [6.45, 7) is 4.95. The monoisotopic (exact) mass is 359 g/mol. The van der Waals surface area contributed by atoms with Crippen molar-refractivity contribution in [2.24, 2.45) is 16.7 Å². The van der Waals surface area contributed by atoms with Gasteiger partial charge in [-0.05, 0) is 18.6 Å². The van der Waals surface area contributed by atoms with Gasteiger partial charge in [-0.2, -0.15) is 5.26 Å². The van der Waals surface area contributed by atoms with Crippen LogP contribution in [0.4, 0.5) is 0 Å². The molecule has 3 aliphatic rings. The Balaban J connectivity index is 1.62. The fourth-order valence-corrected chi connectivity index (χ4v) is 2.94. The maximum absolute atomic E-state index is 8.83. The average molecular weight is 359 g/mol. The Morgan fingerprint density at radius 1 is 1.58 bits per heavy atom. The van der Waals surface area contributed by atoms with Crippen molar-refractivity contribution >= 4 is 5.71 Å². The summed E-state index contributed by atoms with van der Waals surface area (Å²) in [6, 6.07) is 2.03. The standard InChI is InChI=1S/C16H25N9O/c1-11-6-21-15(23-16-8-20-12(5-17)7-22-16)4-14(11)25(19)10-13-9-24(18)2-3-26-13/h4,6,8,13,15,21-23H,2-3,7,9-10,18-19H2,1H3. The van der Waals surface area contributed by atoms with Gasteiger partial charge < -0.3 is 25.7 Å². The fraction of sp³-hybridized carbons (Fsp3) is 0.500. The number of nitrogens with one attached hydrogen (secondary N) is 3. The van der Waals surface area contributed by atoms with Crippen molar-refractivity contribution in [2.75, 3.05) is 32.8 Å². The summed E-state index contributed by atoms with van der Waals surface area (Å²) in [7, 11) is 0. The maximum Gasteiger partial charge on any atom is 0.136 e. The molecule has 7 N–H and O–H groups in total. The van der Waals surface area contributed by atoms with Crippen LogP contribution >= 0.6 is 0 Å². The number of nitrogens with zero attached hydrogens (tertiary/aromatic N) is 4. The Labute approximate surface area is 152 Å². The third-order valence-electron chi connectivity index (χ3n) is 4.32. The number of nitriles is 1. The molecule has 2 unspecified atom stereocenters. The zero-order chi connectivity index (χ0) is 18.5. The van der Waals surface area contributed by atoms with Crippen LogP contribution in [0.15, 0.2) is 40.6 Å². The molecule has 0 aromatic rings. The lowest BCUT2D eigenvalue weighted by atomic mass is 10.1. The van der Waals surface area contributed by atoms with Gasteiger partial charge in [0.05, 0.1) is 37.7 Å². The van der Waals surface area contributed by atoms with E-state index in [2.05, 4.69) is 20.9 Å². The van der Waals surface area contributed by atoms with E-state index in [4.69, 9.17) is 21.7 Å². The van der Waals surface area contributed by atoms with Gasteiger partial charge >= 0.3 is 0 Å². The van der Waals surface area contributed by atoms with Crippen molar-refractivity contribution in [1.29, 1.82) is 5.26 Å². The lowest BCUT2D eigenvalue weighted by molar-refractivity contribution is -0.0399. The molecule has 3 rings (SSSR count). The Hall–Kier alpha value is -2.58. The van der Waals surface area contributed by atoms with Crippen molar-refractivity contribution in [3.8, 4) is 6.07 Å². The highest BCUT2D eigenvalue weighted by Gasteiger charge is 2.23. The second-order valence-corrected chi connectivity index (χ2v) is 6.39. The van der Waals surface area contributed by atoms with Gasteiger partial charge in [-0.1, -0.05) is 0 Å². The number of nitrogens with two attached hydrogens (primary N) is 2. The van der Waals surface area contributed by atoms with E-state index in [1.54, 1.807) is 16.2 Å². The topological polar surface area (TPSA) is 140 Å². The third-order valence-corrected chi connectivity index (χ3v) is 4.32. The lowest BCUT2D eigenvalue weighted by Crippen LogP contribution is -2.52.